The van der Waals surface area contributed by atoms with Crippen molar-refractivity contribution in [1.29, 1.82) is 0 Å². The Balaban J connectivity index is 1.39. The molecule has 8 rings (SSSR count). The molecule has 0 N–H and O–H groups in total. The Kier molecular flexibility index (Phi) is 5.20. The number of hydrogen-bond donors (Lipinski definition) is 0. The fourth-order valence-electron chi connectivity index (χ4n) is 7.73. The summed E-state index contributed by atoms with van der Waals surface area (Å²) >= 11 is 0. The van der Waals surface area contributed by atoms with E-state index in [-0.39, 0.29) is 10.8 Å². The Morgan fingerprint density at radius 1 is 0.452 bits per heavy atom. The van der Waals surface area contributed by atoms with Crippen LogP contribution in [0.2, 0.25) is 0 Å². The van der Waals surface area contributed by atoms with Crippen molar-refractivity contribution in [2.24, 2.45) is 0 Å². The highest BCUT2D eigenvalue weighted by Crippen LogP contribution is 2.53. The Hall–Kier alpha value is -4.62. The van der Waals surface area contributed by atoms with E-state index in [4.69, 9.17) is 0 Å². The lowest BCUT2D eigenvalue weighted by atomic mass is 9.82. The fourth-order valence-corrected chi connectivity index (χ4v) is 7.73. The first kappa shape index (κ1) is 25.1. The van der Waals surface area contributed by atoms with Crippen LogP contribution in [-0.4, -0.2) is 0 Å². The third-order valence-corrected chi connectivity index (χ3v) is 9.98. The van der Waals surface area contributed by atoms with E-state index in [2.05, 4.69) is 161 Å². The SMILES string of the molecule is Cc1ccc2ccccc2c1N(c1ccc2c(c1)C(C)(C)c1ccccc1-2)c1ccc2c(c1)C(C)(C)c1ccccc1-2. The standard InChI is InChI=1S/C41H35N/c1-26-18-19-27-12-6-7-13-30(27)39(26)42(28-20-22-33-31-14-8-10-16-35(31)40(2,3)37(33)24-28)29-21-23-34-32-15-9-11-17-36(32)41(4,5)38(34)25-29/h6-25H,1-5H3. The van der Waals surface area contributed by atoms with Gasteiger partial charge in [-0.2, -0.15) is 0 Å². The van der Waals surface area contributed by atoms with E-state index in [9.17, 15) is 0 Å². The van der Waals surface area contributed by atoms with Crippen molar-refractivity contribution < 1.29 is 0 Å². The van der Waals surface area contributed by atoms with E-state index >= 15 is 0 Å². The van der Waals surface area contributed by atoms with E-state index in [0.29, 0.717) is 0 Å². The van der Waals surface area contributed by atoms with Crippen LogP contribution >= 0.6 is 0 Å². The van der Waals surface area contributed by atoms with Crippen LogP contribution in [0.5, 0.6) is 0 Å². The largest absolute Gasteiger partial charge is 0.310 e. The Morgan fingerprint density at radius 2 is 0.929 bits per heavy atom. The molecule has 1 nitrogen and oxygen atoms in total. The molecule has 6 aromatic rings. The lowest BCUT2D eigenvalue weighted by Gasteiger charge is -2.31. The number of aryl methyl sites for hydroxylation is 1. The van der Waals surface area contributed by atoms with Crippen LogP contribution in [0.4, 0.5) is 17.1 Å². The minimum absolute atomic E-state index is 0.0665. The summed E-state index contributed by atoms with van der Waals surface area (Å²) in [6.07, 6.45) is 0. The number of anilines is 3. The summed E-state index contributed by atoms with van der Waals surface area (Å²) in [6, 6.07) is 45.3. The predicted molar refractivity (Wildman–Crippen MR) is 178 cm³/mol. The number of benzene rings is 6. The molecule has 0 aromatic heterocycles. The molecule has 0 aliphatic heterocycles. The number of rotatable bonds is 3. The predicted octanol–water partition coefficient (Wildman–Crippen LogP) is 11.2. The van der Waals surface area contributed by atoms with Crippen LogP contribution < -0.4 is 4.90 Å². The van der Waals surface area contributed by atoms with Crippen LogP contribution in [0.1, 0.15) is 55.5 Å². The summed E-state index contributed by atoms with van der Waals surface area (Å²) in [7, 11) is 0. The molecule has 0 unspecified atom stereocenters. The average molecular weight is 542 g/mol. The third kappa shape index (κ3) is 3.37. The minimum atomic E-state index is -0.0665. The monoisotopic (exact) mass is 541 g/mol. The first-order chi connectivity index (χ1) is 20.3. The summed E-state index contributed by atoms with van der Waals surface area (Å²) in [5, 5.41) is 2.52. The van der Waals surface area contributed by atoms with E-state index in [1.165, 1.54) is 77.9 Å². The van der Waals surface area contributed by atoms with Gasteiger partial charge in [0.1, 0.15) is 0 Å². The summed E-state index contributed by atoms with van der Waals surface area (Å²) in [4.78, 5) is 2.51. The normalized spacial score (nSPS) is 15.2. The van der Waals surface area contributed by atoms with Crippen molar-refractivity contribution in [3.63, 3.8) is 0 Å². The molecule has 0 spiro atoms. The summed E-state index contributed by atoms with van der Waals surface area (Å²) in [6.45, 7) is 11.7. The van der Waals surface area contributed by atoms with E-state index in [0.717, 1.165) is 0 Å². The van der Waals surface area contributed by atoms with Crippen LogP contribution in [0.25, 0.3) is 33.0 Å². The van der Waals surface area contributed by atoms with Gasteiger partial charge in [-0.15, -0.1) is 0 Å². The molecule has 42 heavy (non-hydrogen) atoms. The Labute approximate surface area is 249 Å². The highest BCUT2D eigenvalue weighted by atomic mass is 15.1. The van der Waals surface area contributed by atoms with Gasteiger partial charge < -0.3 is 4.90 Å². The molecule has 1 heteroatoms. The van der Waals surface area contributed by atoms with Gasteiger partial charge >= 0.3 is 0 Å². The molecule has 0 atom stereocenters. The van der Waals surface area contributed by atoms with Gasteiger partial charge in [0.2, 0.25) is 0 Å². The maximum Gasteiger partial charge on any atom is 0.0569 e. The third-order valence-electron chi connectivity index (χ3n) is 9.98. The van der Waals surface area contributed by atoms with Crippen molar-refractivity contribution in [2.75, 3.05) is 4.90 Å². The van der Waals surface area contributed by atoms with Gasteiger partial charge in [-0.25, -0.2) is 0 Å². The molecule has 2 aliphatic carbocycles. The fraction of sp³-hybridized carbons (Fsp3) is 0.171. The first-order valence-electron chi connectivity index (χ1n) is 15.0. The second-order valence-corrected chi connectivity index (χ2v) is 13.1. The van der Waals surface area contributed by atoms with Crippen molar-refractivity contribution in [2.45, 2.75) is 45.4 Å². The average Bonchev–Trinajstić information content (AvgIpc) is 3.38. The maximum absolute atomic E-state index is 2.51. The topological polar surface area (TPSA) is 3.24 Å². The lowest BCUT2D eigenvalue weighted by Crippen LogP contribution is -2.18. The van der Waals surface area contributed by atoms with Crippen molar-refractivity contribution in [1.82, 2.24) is 0 Å². The van der Waals surface area contributed by atoms with E-state index < -0.39 is 0 Å². The van der Waals surface area contributed by atoms with E-state index in [1.54, 1.807) is 0 Å². The molecule has 0 saturated heterocycles. The van der Waals surface area contributed by atoms with Gasteiger partial charge in [-0.3, -0.25) is 0 Å². The number of hydrogen-bond acceptors (Lipinski definition) is 1. The molecule has 0 heterocycles. The second-order valence-electron chi connectivity index (χ2n) is 13.1. The van der Waals surface area contributed by atoms with Gasteiger partial charge in [-0.05, 0) is 86.6 Å². The maximum atomic E-state index is 2.51. The van der Waals surface area contributed by atoms with Gasteiger partial charge in [0, 0.05) is 27.6 Å². The quantitative estimate of drug-likeness (QED) is 0.215. The van der Waals surface area contributed by atoms with Crippen LogP contribution in [-0.2, 0) is 10.8 Å². The number of nitrogens with zero attached hydrogens (tertiary/aromatic N) is 1. The summed E-state index contributed by atoms with van der Waals surface area (Å²) in [5.41, 5.74) is 15.8. The molecule has 0 bridgehead atoms. The Bertz CT molecular complexity index is 1950. The molecule has 6 aromatic carbocycles. The highest BCUT2D eigenvalue weighted by molar-refractivity contribution is 6.01. The zero-order valence-electron chi connectivity index (χ0n) is 25.0. The zero-order valence-corrected chi connectivity index (χ0v) is 25.0. The molecule has 2 aliphatic rings. The second kappa shape index (κ2) is 8.69. The summed E-state index contributed by atoms with van der Waals surface area (Å²) < 4.78 is 0. The summed E-state index contributed by atoms with van der Waals surface area (Å²) in [5.74, 6) is 0. The van der Waals surface area contributed by atoms with Gasteiger partial charge in [0.25, 0.3) is 0 Å². The van der Waals surface area contributed by atoms with Gasteiger partial charge in [0.15, 0.2) is 0 Å². The van der Waals surface area contributed by atoms with Crippen LogP contribution in [0.15, 0.2) is 121 Å². The molecule has 0 radical (unpaired) electrons. The Morgan fingerprint density at radius 3 is 1.50 bits per heavy atom. The molecule has 0 amide bonds. The molecule has 0 saturated carbocycles. The minimum Gasteiger partial charge on any atom is -0.310 e. The first-order valence-corrected chi connectivity index (χ1v) is 15.0. The molecular formula is C41H35N. The molecular weight excluding hydrogens is 506 g/mol. The van der Waals surface area contributed by atoms with Gasteiger partial charge in [-0.1, -0.05) is 125 Å². The zero-order chi connectivity index (χ0) is 28.8. The van der Waals surface area contributed by atoms with Gasteiger partial charge in [0.05, 0.1) is 5.69 Å². The smallest absolute Gasteiger partial charge is 0.0569 e. The lowest BCUT2D eigenvalue weighted by molar-refractivity contribution is 0.660. The molecule has 204 valence electrons. The van der Waals surface area contributed by atoms with E-state index in [1.807, 2.05) is 0 Å². The van der Waals surface area contributed by atoms with Crippen molar-refractivity contribution in [3.05, 3.63) is 149 Å². The molecule has 0 fully saturated rings. The number of fused-ring (bicyclic) bond motifs is 7. The van der Waals surface area contributed by atoms with Crippen molar-refractivity contribution in [3.8, 4) is 22.3 Å². The van der Waals surface area contributed by atoms with Crippen molar-refractivity contribution >= 4 is 27.8 Å². The van der Waals surface area contributed by atoms with Crippen LogP contribution in [0, 0.1) is 6.92 Å². The highest BCUT2D eigenvalue weighted by Gasteiger charge is 2.37. The van der Waals surface area contributed by atoms with Crippen LogP contribution in [0.3, 0.4) is 0 Å².